The maximum atomic E-state index is 12.0. The third kappa shape index (κ3) is 3.94. The smallest absolute Gasteiger partial charge is 0.315 e. The van der Waals surface area contributed by atoms with Crippen molar-refractivity contribution in [3.8, 4) is 0 Å². The molecule has 1 rings (SSSR count). The molecule has 0 N–H and O–H groups in total. The molecule has 1 aromatic carbocycles. The summed E-state index contributed by atoms with van der Waals surface area (Å²) >= 11 is 3.20. The molecule has 0 amide bonds. The van der Waals surface area contributed by atoms with Crippen molar-refractivity contribution in [2.75, 3.05) is 12.4 Å². The van der Waals surface area contributed by atoms with Crippen LogP contribution in [-0.2, 0) is 20.4 Å². The van der Waals surface area contributed by atoms with Gasteiger partial charge in [-0.1, -0.05) is 42.8 Å². The number of alkyl halides is 1. The summed E-state index contributed by atoms with van der Waals surface area (Å²) in [5.41, 5.74) is 1.54. The molecule has 1 aromatic rings. The van der Waals surface area contributed by atoms with Crippen molar-refractivity contribution in [2.45, 2.75) is 45.4 Å². The van der Waals surface area contributed by atoms with Gasteiger partial charge in [0, 0.05) is 5.56 Å². The number of ketones is 1. The highest BCUT2D eigenvalue weighted by Crippen LogP contribution is 2.31. The van der Waals surface area contributed by atoms with Crippen molar-refractivity contribution < 1.29 is 14.3 Å². The van der Waals surface area contributed by atoms with E-state index in [-0.39, 0.29) is 22.5 Å². The van der Waals surface area contributed by atoms with E-state index >= 15 is 0 Å². The highest BCUT2D eigenvalue weighted by molar-refractivity contribution is 9.09. The summed E-state index contributed by atoms with van der Waals surface area (Å²) in [4.78, 5) is 24.1. The molecule has 0 atom stereocenters. The second-order valence-corrected chi connectivity index (χ2v) is 7.28. The van der Waals surface area contributed by atoms with E-state index in [0.29, 0.717) is 5.56 Å². The largest absolute Gasteiger partial charge is 0.468 e. The van der Waals surface area contributed by atoms with E-state index in [2.05, 4.69) is 36.7 Å². The number of carbonyl (C=O) groups is 2. The van der Waals surface area contributed by atoms with E-state index in [9.17, 15) is 9.59 Å². The molecular formula is C17H23BrO3. The van der Waals surface area contributed by atoms with Gasteiger partial charge in [-0.05, 0) is 42.5 Å². The fraction of sp³-hybridized carbons (Fsp3) is 0.529. The number of halogens is 1. The molecule has 0 bridgehead atoms. The van der Waals surface area contributed by atoms with E-state index in [0.717, 1.165) is 11.1 Å². The number of methoxy groups -OCH3 is 1. The normalized spacial score (nSPS) is 12.1. The molecule has 116 valence electrons. The van der Waals surface area contributed by atoms with Crippen LogP contribution < -0.4 is 0 Å². The van der Waals surface area contributed by atoms with Crippen LogP contribution in [0.15, 0.2) is 18.2 Å². The standard InChI is InChI=1S/C17H23BrO3/c1-16(2,3)12-7-11(14(19)10-18)8-13(9-12)17(4,5)15(20)21-6/h7-9H,10H2,1-6H3. The molecule has 0 fully saturated rings. The van der Waals surface area contributed by atoms with Crippen LogP contribution >= 0.6 is 15.9 Å². The summed E-state index contributed by atoms with van der Waals surface area (Å²) in [6, 6.07) is 5.68. The van der Waals surface area contributed by atoms with Crippen LogP contribution in [0.1, 0.15) is 56.1 Å². The van der Waals surface area contributed by atoms with E-state index in [1.54, 1.807) is 6.07 Å². The first-order valence-corrected chi connectivity index (χ1v) is 7.99. The molecule has 0 saturated heterocycles. The molecule has 0 heterocycles. The zero-order valence-corrected chi connectivity index (χ0v) is 15.1. The quantitative estimate of drug-likeness (QED) is 0.466. The number of carbonyl (C=O) groups excluding carboxylic acids is 2. The SMILES string of the molecule is COC(=O)C(C)(C)c1cc(C(=O)CBr)cc(C(C)(C)C)c1. The lowest BCUT2D eigenvalue weighted by Crippen LogP contribution is -2.31. The summed E-state index contributed by atoms with van der Waals surface area (Å²) in [6.07, 6.45) is 0. The second-order valence-electron chi connectivity index (χ2n) is 6.72. The Morgan fingerprint density at radius 3 is 2.00 bits per heavy atom. The molecule has 21 heavy (non-hydrogen) atoms. The van der Waals surface area contributed by atoms with Gasteiger partial charge in [0.2, 0.25) is 0 Å². The van der Waals surface area contributed by atoms with Crippen LogP contribution in [0.2, 0.25) is 0 Å². The van der Waals surface area contributed by atoms with E-state index in [1.165, 1.54) is 7.11 Å². The van der Waals surface area contributed by atoms with Gasteiger partial charge in [-0.3, -0.25) is 9.59 Å². The van der Waals surface area contributed by atoms with Crippen molar-refractivity contribution in [1.29, 1.82) is 0 Å². The predicted octanol–water partition coefficient (Wildman–Crippen LogP) is 4.01. The van der Waals surface area contributed by atoms with Gasteiger partial charge in [0.1, 0.15) is 0 Å². The lowest BCUT2D eigenvalue weighted by Gasteiger charge is -2.27. The van der Waals surface area contributed by atoms with Gasteiger partial charge >= 0.3 is 5.97 Å². The fourth-order valence-corrected chi connectivity index (χ4v) is 2.36. The first kappa shape index (κ1) is 17.9. The minimum absolute atomic E-state index is 0.00279. The predicted molar refractivity (Wildman–Crippen MR) is 88.3 cm³/mol. The summed E-state index contributed by atoms with van der Waals surface area (Å²) in [5, 5.41) is 0.263. The van der Waals surface area contributed by atoms with E-state index in [1.807, 2.05) is 26.0 Å². The first-order chi connectivity index (χ1) is 9.53. The van der Waals surface area contributed by atoms with Crippen LogP contribution in [0.4, 0.5) is 0 Å². The highest BCUT2D eigenvalue weighted by Gasteiger charge is 2.32. The van der Waals surface area contributed by atoms with Crippen LogP contribution in [0.5, 0.6) is 0 Å². The molecule has 0 radical (unpaired) electrons. The van der Waals surface area contributed by atoms with Gasteiger partial charge in [-0.25, -0.2) is 0 Å². The van der Waals surface area contributed by atoms with Gasteiger partial charge in [0.15, 0.2) is 5.78 Å². The Morgan fingerprint density at radius 1 is 1.05 bits per heavy atom. The minimum Gasteiger partial charge on any atom is -0.468 e. The molecule has 4 heteroatoms. The van der Waals surface area contributed by atoms with Crippen LogP contribution in [0, 0.1) is 0 Å². The maximum Gasteiger partial charge on any atom is 0.315 e. The van der Waals surface area contributed by atoms with Crippen LogP contribution in [-0.4, -0.2) is 24.2 Å². The van der Waals surface area contributed by atoms with Gasteiger partial charge in [-0.15, -0.1) is 0 Å². The summed E-state index contributed by atoms with van der Waals surface area (Å²) in [6.45, 7) is 9.87. The van der Waals surface area contributed by atoms with Crippen molar-refractivity contribution in [2.24, 2.45) is 0 Å². The number of Topliss-reactive ketones (excluding diaryl/α,β-unsaturated/α-hetero) is 1. The Labute approximate surface area is 135 Å². The molecule has 0 aliphatic carbocycles. The van der Waals surface area contributed by atoms with Crippen molar-refractivity contribution in [3.63, 3.8) is 0 Å². The molecule has 0 saturated carbocycles. The Hall–Kier alpha value is -1.16. The average Bonchev–Trinajstić information content (AvgIpc) is 2.43. The summed E-state index contributed by atoms with van der Waals surface area (Å²) in [5.74, 6) is -0.311. The third-order valence-corrected chi connectivity index (χ3v) is 4.17. The van der Waals surface area contributed by atoms with E-state index in [4.69, 9.17) is 4.74 Å². The third-order valence-electron chi connectivity index (χ3n) is 3.66. The number of hydrogen-bond donors (Lipinski definition) is 0. The molecule has 0 aliphatic heterocycles. The number of rotatable bonds is 4. The Kier molecular flexibility index (Phi) is 5.37. The molecule has 0 aliphatic rings. The zero-order chi connectivity index (χ0) is 16.4. The van der Waals surface area contributed by atoms with Crippen LogP contribution in [0.25, 0.3) is 0 Å². The zero-order valence-electron chi connectivity index (χ0n) is 13.5. The van der Waals surface area contributed by atoms with Crippen molar-refractivity contribution in [1.82, 2.24) is 0 Å². The van der Waals surface area contributed by atoms with Gasteiger partial charge in [0.05, 0.1) is 17.9 Å². The molecule has 0 aromatic heterocycles. The lowest BCUT2D eigenvalue weighted by molar-refractivity contribution is -0.146. The Morgan fingerprint density at radius 2 is 1.57 bits per heavy atom. The Balaban J connectivity index is 3.52. The molecule has 3 nitrogen and oxygen atoms in total. The fourth-order valence-electron chi connectivity index (χ4n) is 2.03. The topological polar surface area (TPSA) is 43.4 Å². The second kappa shape index (κ2) is 6.30. The van der Waals surface area contributed by atoms with Gasteiger partial charge < -0.3 is 4.74 Å². The monoisotopic (exact) mass is 354 g/mol. The van der Waals surface area contributed by atoms with Gasteiger partial charge in [-0.2, -0.15) is 0 Å². The average molecular weight is 355 g/mol. The van der Waals surface area contributed by atoms with E-state index < -0.39 is 5.41 Å². The molecular weight excluding hydrogens is 332 g/mol. The summed E-state index contributed by atoms with van der Waals surface area (Å²) < 4.78 is 4.89. The van der Waals surface area contributed by atoms with Crippen molar-refractivity contribution >= 4 is 27.7 Å². The van der Waals surface area contributed by atoms with Gasteiger partial charge in [0.25, 0.3) is 0 Å². The van der Waals surface area contributed by atoms with Crippen LogP contribution in [0.3, 0.4) is 0 Å². The number of ether oxygens (including phenoxy) is 1. The first-order valence-electron chi connectivity index (χ1n) is 6.87. The highest BCUT2D eigenvalue weighted by atomic mass is 79.9. The number of hydrogen-bond acceptors (Lipinski definition) is 3. The Bertz CT molecular complexity index is 554. The minimum atomic E-state index is -0.794. The summed E-state index contributed by atoms with van der Waals surface area (Å²) in [7, 11) is 1.38. The number of esters is 1. The lowest BCUT2D eigenvalue weighted by atomic mass is 9.78. The van der Waals surface area contributed by atoms with Crippen molar-refractivity contribution in [3.05, 3.63) is 34.9 Å². The molecule has 0 spiro atoms. The molecule has 0 unspecified atom stereocenters. The maximum absolute atomic E-state index is 12.0. The number of benzene rings is 1.